The lowest BCUT2D eigenvalue weighted by atomic mass is 10.1. The van der Waals surface area contributed by atoms with Crippen LogP contribution in [0.25, 0.3) is 10.9 Å². The summed E-state index contributed by atoms with van der Waals surface area (Å²) in [6.45, 7) is 1.38. The lowest BCUT2D eigenvalue weighted by molar-refractivity contribution is 0.101. The highest BCUT2D eigenvalue weighted by Crippen LogP contribution is 2.30. The van der Waals surface area contributed by atoms with E-state index in [2.05, 4.69) is 4.98 Å². The number of fused-ring (bicyclic) bond motifs is 1. The fourth-order valence-electron chi connectivity index (χ4n) is 2.12. The number of pyridine rings is 1. The minimum atomic E-state index is -0.566. The number of ketones is 1. The number of hydrogen-bond acceptors (Lipinski definition) is 3. The van der Waals surface area contributed by atoms with E-state index in [0.29, 0.717) is 5.75 Å². The first-order chi connectivity index (χ1) is 10.1. The van der Waals surface area contributed by atoms with E-state index in [0.717, 1.165) is 10.9 Å². The topological polar surface area (TPSA) is 39.2 Å². The smallest absolute Gasteiger partial charge is 0.173 e. The molecule has 3 rings (SSSR count). The number of rotatable bonds is 3. The molecule has 2 aromatic carbocycles. The largest absolute Gasteiger partial charge is 0.453 e. The Morgan fingerprint density at radius 2 is 2.00 bits per heavy atom. The van der Waals surface area contributed by atoms with Crippen LogP contribution in [0.4, 0.5) is 4.39 Å². The molecule has 21 heavy (non-hydrogen) atoms. The highest BCUT2D eigenvalue weighted by atomic mass is 19.1. The molecule has 0 spiro atoms. The average Bonchev–Trinajstić information content (AvgIpc) is 2.49. The number of Topliss-reactive ketones (excluding diaryl/α,β-unsaturated/α-hetero) is 1. The van der Waals surface area contributed by atoms with Gasteiger partial charge < -0.3 is 4.74 Å². The van der Waals surface area contributed by atoms with Crippen LogP contribution < -0.4 is 4.74 Å². The Morgan fingerprint density at radius 1 is 1.14 bits per heavy atom. The van der Waals surface area contributed by atoms with Gasteiger partial charge in [0.2, 0.25) is 0 Å². The van der Waals surface area contributed by atoms with Gasteiger partial charge in [-0.15, -0.1) is 0 Å². The summed E-state index contributed by atoms with van der Waals surface area (Å²) in [7, 11) is 0. The zero-order valence-electron chi connectivity index (χ0n) is 11.3. The van der Waals surface area contributed by atoms with Crippen molar-refractivity contribution in [2.24, 2.45) is 0 Å². The molecule has 0 aliphatic carbocycles. The number of para-hydroxylation sites is 1. The van der Waals surface area contributed by atoms with Crippen LogP contribution in [0.15, 0.2) is 54.7 Å². The van der Waals surface area contributed by atoms with E-state index in [1.807, 2.05) is 18.2 Å². The molecule has 3 aromatic rings. The van der Waals surface area contributed by atoms with E-state index in [-0.39, 0.29) is 17.1 Å². The summed E-state index contributed by atoms with van der Waals surface area (Å²) in [5, 5.41) is 0.963. The normalized spacial score (nSPS) is 10.6. The maximum absolute atomic E-state index is 13.9. The van der Waals surface area contributed by atoms with Crippen molar-refractivity contribution in [1.29, 1.82) is 0 Å². The molecule has 104 valence electrons. The molecule has 0 atom stereocenters. The highest BCUT2D eigenvalue weighted by Gasteiger charge is 2.14. The molecule has 0 saturated carbocycles. The van der Waals surface area contributed by atoms with Crippen LogP contribution >= 0.6 is 0 Å². The lowest BCUT2D eigenvalue weighted by Crippen LogP contribution is -1.99. The molecule has 0 N–H and O–H groups in total. The number of hydrogen-bond donors (Lipinski definition) is 0. The van der Waals surface area contributed by atoms with Crippen LogP contribution in [0.1, 0.15) is 17.3 Å². The van der Waals surface area contributed by atoms with E-state index in [1.165, 1.54) is 19.1 Å². The molecule has 0 bridgehead atoms. The Morgan fingerprint density at radius 3 is 2.81 bits per heavy atom. The first kappa shape index (κ1) is 13.2. The van der Waals surface area contributed by atoms with Crippen molar-refractivity contribution >= 4 is 16.7 Å². The van der Waals surface area contributed by atoms with Crippen molar-refractivity contribution in [2.75, 3.05) is 0 Å². The molecular weight excluding hydrogens is 269 g/mol. The Hall–Kier alpha value is -2.75. The van der Waals surface area contributed by atoms with Gasteiger partial charge in [0.25, 0.3) is 0 Å². The predicted molar refractivity (Wildman–Crippen MR) is 78.2 cm³/mol. The predicted octanol–water partition coefficient (Wildman–Crippen LogP) is 4.37. The maximum Gasteiger partial charge on any atom is 0.173 e. The summed E-state index contributed by atoms with van der Waals surface area (Å²) in [5.41, 5.74) is 0.965. The molecule has 1 heterocycles. The Bertz CT molecular complexity index is 830. The van der Waals surface area contributed by atoms with E-state index >= 15 is 0 Å². The van der Waals surface area contributed by atoms with Gasteiger partial charge in [0.15, 0.2) is 17.3 Å². The Kier molecular flexibility index (Phi) is 3.36. The highest BCUT2D eigenvalue weighted by molar-refractivity contribution is 5.97. The molecule has 0 aliphatic heterocycles. The van der Waals surface area contributed by atoms with Crippen LogP contribution in [-0.2, 0) is 0 Å². The van der Waals surface area contributed by atoms with Gasteiger partial charge in [-0.05, 0) is 37.3 Å². The minimum absolute atomic E-state index is 0.0553. The number of halogens is 1. The molecule has 3 nitrogen and oxygen atoms in total. The zero-order chi connectivity index (χ0) is 14.8. The van der Waals surface area contributed by atoms with Crippen molar-refractivity contribution in [1.82, 2.24) is 4.98 Å². The molecule has 0 radical (unpaired) electrons. The molecule has 0 fully saturated rings. The molecule has 0 unspecified atom stereocenters. The van der Waals surface area contributed by atoms with Gasteiger partial charge in [0.05, 0.1) is 11.1 Å². The molecular formula is C17H12FNO2. The third kappa shape index (κ3) is 2.60. The summed E-state index contributed by atoms with van der Waals surface area (Å²) in [6.07, 6.45) is 1.68. The van der Waals surface area contributed by atoms with Crippen LogP contribution in [0.5, 0.6) is 11.5 Å². The SMILES string of the molecule is CC(=O)c1cccc(F)c1Oc1ccc2cccnc2c1. The van der Waals surface area contributed by atoms with E-state index < -0.39 is 5.82 Å². The van der Waals surface area contributed by atoms with Crippen LogP contribution in [0, 0.1) is 5.82 Å². The van der Waals surface area contributed by atoms with Gasteiger partial charge in [0.1, 0.15) is 5.75 Å². The lowest BCUT2D eigenvalue weighted by Gasteiger charge is -2.10. The first-order valence-electron chi connectivity index (χ1n) is 6.47. The van der Waals surface area contributed by atoms with Gasteiger partial charge in [-0.2, -0.15) is 0 Å². The second-order valence-electron chi connectivity index (χ2n) is 4.63. The third-order valence-corrected chi connectivity index (χ3v) is 3.14. The van der Waals surface area contributed by atoms with Gasteiger partial charge >= 0.3 is 0 Å². The monoisotopic (exact) mass is 281 g/mol. The standard InChI is InChI=1S/C17H12FNO2/c1-11(20)14-5-2-6-15(18)17(14)21-13-8-7-12-4-3-9-19-16(12)10-13/h2-10H,1H3. The number of carbonyl (C=O) groups excluding carboxylic acids is 1. The van der Waals surface area contributed by atoms with Crippen LogP contribution in [0.2, 0.25) is 0 Å². The molecule has 0 aliphatic rings. The summed E-state index contributed by atoms with van der Waals surface area (Å²) in [5.74, 6) is -0.429. The second kappa shape index (κ2) is 5.32. The minimum Gasteiger partial charge on any atom is -0.453 e. The van der Waals surface area contributed by atoms with Crippen molar-refractivity contribution in [3.8, 4) is 11.5 Å². The van der Waals surface area contributed by atoms with Gasteiger partial charge in [-0.1, -0.05) is 12.1 Å². The van der Waals surface area contributed by atoms with Crippen LogP contribution in [0.3, 0.4) is 0 Å². The number of ether oxygens (including phenoxy) is 1. The molecule has 0 amide bonds. The van der Waals surface area contributed by atoms with Crippen molar-refractivity contribution in [2.45, 2.75) is 6.92 Å². The Balaban J connectivity index is 2.04. The average molecular weight is 281 g/mol. The number of nitrogens with zero attached hydrogens (tertiary/aromatic N) is 1. The third-order valence-electron chi connectivity index (χ3n) is 3.14. The van der Waals surface area contributed by atoms with Crippen molar-refractivity contribution < 1.29 is 13.9 Å². The van der Waals surface area contributed by atoms with Gasteiger partial charge in [-0.3, -0.25) is 9.78 Å². The van der Waals surface area contributed by atoms with E-state index in [9.17, 15) is 9.18 Å². The summed E-state index contributed by atoms with van der Waals surface area (Å²) >= 11 is 0. The van der Waals surface area contributed by atoms with Gasteiger partial charge in [0, 0.05) is 17.6 Å². The van der Waals surface area contributed by atoms with E-state index in [4.69, 9.17) is 4.74 Å². The van der Waals surface area contributed by atoms with Crippen molar-refractivity contribution in [3.63, 3.8) is 0 Å². The Labute approximate surface area is 121 Å². The zero-order valence-corrected chi connectivity index (χ0v) is 11.3. The summed E-state index contributed by atoms with van der Waals surface area (Å²) < 4.78 is 19.5. The second-order valence-corrected chi connectivity index (χ2v) is 4.63. The first-order valence-corrected chi connectivity index (χ1v) is 6.47. The van der Waals surface area contributed by atoms with Gasteiger partial charge in [-0.25, -0.2) is 4.39 Å². The fraction of sp³-hybridized carbons (Fsp3) is 0.0588. The van der Waals surface area contributed by atoms with E-state index in [1.54, 1.807) is 24.4 Å². The number of benzene rings is 2. The molecule has 0 saturated heterocycles. The van der Waals surface area contributed by atoms with Crippen LogP contribution in [-0.4, -0.2) is 10.8 Å². The quantitative estimate of drug-likeness (QED) is 0.669. The summed E-state index contributed by atoms with van der Waals surface area (Å²) in [4.78, 5) is 15.8. The summed E-state index contributed by atoms with van der Waals surface area (Å²) in [6, 6.07) is 13.3. The molecule has 4 heteroatoms. The fourth-order valence-corrected chi connectivity index (χ4v) is 2.12. The maximum atomic E-state index is 13.9. The number of carbonyl (C=O) groups is 1. The number of aromatic nitrogens is 1. The van der Waals surface area contributed by atoms with Crippen molar-refractivity contribution in [3.05, 3.63) is 66.1 Å². The molecule has 1 aromatic heterocycles.